The van der Waals surface area contributed by atoms with Crippen molar-refractivity contribution in [3.63, 3.8) is 0 Å². The molecule has 1 aromatic rings. The summed E-state index contributed by atoms with van der Waals surface area (Å²) < 4.78 is 0. The number of anilines is 1. The van der Waals surface area contributed by atoms with Gasteiger partial charge in [-0.15, -0.1) is 0 Å². The number of aliphatic hydroxyl groups excluding tert-OH is 1. The van der Waals surface area contributed by atoms with Crippen LogP contribution in [0.3, 0.4) is 0 Å². The Hall–Kier alpha value is -1.35. The number of hydrogen-bond donors (Lipinski definition) is 1. The summed E-state index contributed by atoms with van der Waals surface area (Å²) in [6.45, 7) is 6.55. The molecule has 18 heavy (non-hydrogen) atoms. The molecular weight excluding hydrogens is 226 g/mol. The van der Waals surface area contributed by atoms with E-state index >= 15 is 0 Å². The van der Waals surface area contributed by atoms with E-state index in [1.165, 1.54) is 5.56 Å². The first kappa shape index (κ1) is 14.7. The van der Waals surface area contributed by atoms with Gasteiger partial charge >= 0.3 is 0 Å². The van der Waals surface area contributed by atoms with E-state index in [1.54, 1.807) is 11.9 Å². The summed E-state index contributed by atoms with van der Waals surface area (Å²) in [5.41, 5.74) is 2.27. The molecule has 0 bridgehead atoms. The largest absolute Gasteiger partial charge is 0.396 e. The van der Waals surface area contributed by atoms with Crippen LogP contribution >= 0.6 is 0 Å². The zero-order valence-electron chi connectivity index (χ0n) is 11.7. The third-order valence-corrected chi connectivity index (χ3v) is 3.04. The summed E-state index contributed by atoms with van der Waals surface area (Å²) in [6.07, 6.45) is 0.900. The summed E-state index contributed by atoms with van der Waals surface area (Å²) in [5, 5.41) is 8.72. The molecule has 0 saturated heterocycles. The number of nitrogens with zero attached hydrogens (tertiary/aromatic N) is 1. The molecule has 0 unspecified atom stereocenters. The minimum absolute atomic E-state index is 0.0348. The van der Waals surface area contributed by atoms with E-state index in [0.29, 0.717) is 12.8 Å². The first-order valence-electron chi connectivity index (χ1n) is 6.34. The number of carbonyl (C=O) groups excluding carboxylic acids is 1. The van der Waals surface area contributed by atoms with Crippen molar-refractivity contribution in [1.29, 1.82) is 0 Å². The minimum atomic E-state index is 0.0348. The van der Waals surface area contributed by atoms with E-state index in [1.807, 2.05) is 12.1 Å². The van der Waals surface area contributed by atoms with Gasteiger partial charge in [0.15, 0.2) is 0 Å². The van der Waals surface area contributed by atoms with Crippen LogP contribution in [0.5, 0.6) is 0 Å². The highest BCUT2D eigenvalue weighted by atomic mass is 16.3. The number of aliphatic hydroxyl groups is 1. The molecule has 1 rings (SSSR count). The Morgan fingerprint density at radius 2 is 1.78 bits per heavy atom. The summed E-state index contributed by atoms with van der Waals surface area (Å²) >= 11 is 0. The summed E-state index contributed by atoms with van der Waals surface area (Å²) in [6, 6.07) is 8.06. The van der Waals surface area contributed by atoms with Crippen LogP contribution in [0, 0.1) is 0 Å². The van der Waals surface area contributed by atoms with Crippen molar-refractivity contribution < 1.29 is 9.90 Å². The molecule has 0 aliphatic carbocycles. The fourth-order valence-electron chi connectivity index (χ4n) is 1.73. The van der Waals surface area contributed by atoms with Gasteiger partial charge in [-0.05, 0) is 29.5 Å². The summed E-state index contributed by atoms with van der Waals surface area (Å²) in [5.74, 6) is 0.0348. The second-order valence-corrected chi connectivity index (χ2v) is 5.58. The maximum atomic E-state index is 11.8. The van der Waals surface area contributed by atoms with Gasteiger partial charge in [0.05, 0.1) is 0 Å². The Labute approximate surface area is 109 Å². The van der Waals surface area contributed by atoms with Gasteiger partial charge in [0.2, 0.25) is 5.91 Å². The van der Waals surface area contributed by atoms with Gasteiger partial charge in [0.25, 0.3) is 0 Å². The van der Waals surface area contributed by atoms with E-state index in [2.05, 4.69) is 32.9 Å². The molecule has 0 aliphatic heterocycles. The van der Waals surface area contributed by atoms with Crippen LogP contribution in [0.15, 0.2) is 24.3 Å². The lowest BCUT2D eigenvalue weighted by Gasteiger charge is -2.21. The Balaban J connectivity index is 2.76. The van der Waals surface area contributed by atoms with E-state index in [9.17, 15) is 4.79 Å². The molecule has 0 radical (unpaired) electrons. The van der Waals surface area contributed by atoms with Crippen LogP contribution in [0.25, 0.3) is 0 Å². The van der Waals surface area contributed by atoms with Gasteiger partial charge in [-0.1, -0.05) is 32.9 Å². The van der Waals surface area contributed by atoms with Crippen molar-refractivity contribution in [3.05, 3.63) is 29.8 Å². The molecule has 1 amide bonds. The number of benzene rings is 1. The second-order valence-electron chi connectivity index (χ2n) is 5.58. The van der Waals surface area contributed by atoms with E-state index < -0.39 is 0 Å². The predicted octanol–water partition coefficient (Wildman–Crippen LogP) is 2.72. The second kappa shape index (κ2) is 6.01. The van der Waals surface area contributed by atoms with Gasteiger partial charge in [0.1, 0.15) is 0 Å². The van der Waals surface area contributed by atoms with Gasteiger partial charge in [-0.2, -0.15) is 0 Å². The lowest BCUT2D eigenvalue weighted by Crippen LogP contribution is -2.26. The van der Waals surface area contributed by atoms with E-state index in [0.717, 1.165) is 5.69 Å². The molecule has 0 saturated carbocycles. The lowest BCUT2D eigenvalue weighted by atomic mass is 9.87. The topological polar surface area (TPSA) is 40.5 Å². The zero-order chi connectivity index (χ0) is 13.8. The Morgan fingerprint density at radius 3 is 2.22 bits per heavy atom. The average molecular weight is 249 g/mol. The van der Waals surface area contributed by atoms with Gasteiger partial charge < -0.3 is 10.0 Å². The number of carbonyl (C=O) groups is 1. The highest BCUT2D eigenvalue weighted by Crippen LogP contribution is 2.24. The van der Waals surface area contributed by atoms with Crippen molar-refractivity contribution in [2.45, 2.75) is 39.0 Å². The highest BCUT2D eigenvalue weighted by molar-refractivity contribution is 5.92. The van der Waals surface area contributed by atoms with Crippen molar-refractivity contribution in [1.82, 2.24) is 0 Å². The molecule has 1 aromatic carbocycles. The summed E-state index contributed by atoms with van der Waals surface area (Å²) in [7, 11) is 1.77. The van der Waals surface area contributed by atoms with Crippen molar-refractivity contribution in [2.75, 3.05) is 18.6 Å². The lowest BCUT2D eigenvalue weighted by molar-refractivity contribution is -0.118. The maximum Gasteiger partial charge on any atom is 0.226 e. The highest BCUT2D eigenvalue weighted by Gasteiger charge is 2.15. The summed E-state index contributed by atoms with van der Waals surface area (Å²) in [4.78, 5) is 13.4. The molecule has 100 valence electrons. The molecular formula is C15H23NO2. The van der Waals surface area contributed by atoms with Crippen molar-refractivity contribution in [2.24, 2.45) is 0 Å². The van der Waals surface area contributed by atoms with Gasteiger partial charge in [-0.25, -0.2) is 0 Å². The molecule has 0 fully saturated rings. The van der Waals surface area contributed by atoms with Crippen molar-refractivity contribution >= 4 is 11.6 Å². The van der Waals surface area contributed by atoms with E-state index in [-0.39, 0.29) is 17.9 Å². The Morgan fingerprint density at radius 1 is 1.22 bits per heavy atom. The molecule has 3 nitrogen and oxygen atoms in total. The quantitative estimate of drug-likeness (QED) is 0.891. The van der Waals surface area contributed by atoms with Crippen LogP contribution in [0.4, 0.5) is 5.69 Å². The maximum absolute atomic E-state index is 11.8. The third-order valence-electron chi connectivity index (χ3n) is 3.04. The van der Waals surface area contributed by atoms with Crippen LogP contribution in [0.2, 0.25) is 0 Å². The monoisotopic (exact) mass is 249 g/mol. The fourth-order valence-corrected chi connectivity index (χ4v) is 1.73. The third kappa shape index (κ3) is 3.84. The molecule has 0 atom stereocenters. The standard InChI is InChI=1S/C15H23NO2/c1-15(2,3)12-7-9-13(10-8-12)16(4)14(18)6-5-11-17/h7-10,17H,5-6,11H2,1-4H3. The Kier molecular flexibility index (Phi) is 4.91. The molecule has 0 aliphatic rings. The molecule has 0 aromatic heterocycles. The Bertz CT molecular complexity index is 390. The molecule has 3 heteroatoms. The zero-order valence-corrected chi connectivity index (χ0v) is 11.7. The van der Waals surface area contributed by atoms with Crippen LogP contribution < -0.4 is 4.90 Å². The SMILES string of the molecule is CN(C(=O)CCCO)c1ccc(C(C)(C)C)cc1. The minimum Gasteiger partial charge on any atom is -0.396 e. The van der Waals surface area contributed by atoms with Crippen molar-refractivity contribution in [3.8, 4) is 0 Å². The predicted molar refractivity (Wildman–Crippen MR) is 74.9 cm³/mol. The van der Waals surface area contributed by atoms with Crippen LogP contribution in [-0.2, 0) is 10.2 Å². The molecule has 0 heterocycles. The number of rotatable bonds is 4. The van der Waals surface area contributed by atoms with Gasteiger partial charge in [0, 0.05) is 25.8 Å². The molecule has 1 N–H and O–H groups in total. The van der Waals surface area contributed by atoms with Gasteiger partial charge in [-0.3, -0.25) is 4.79 Å². The molecule has 0 spiro atoms. The first-order valence-corrected chi connectivity index (χ1v) is 6.34. The first-order chi connectivity index (χ1) is 8.36. The fraction of sp³-hybridized carbons (Fsp3) is 0.533. The average Bonchev–Trinajstić information content (AvgIpc) is 2.34. The van der Waals surface area contributed by atoms with Crippen LogP contribution in [0.1, 0.15) is 39.2 Å². The smallest absolute Gasteiger partial charge is 0.226 e. The van der Waals surface area contributed by atoms with Crippen LogP contribution in [-0.4, -0.2) is 24.7 Å². The normalized spacial score (nSPS) is 11.4. The number of amides is 1. The number of hydrogen-bond acceptors (Lipinski definition) is 2. The van der Waals surface area contributed by atoms with E-state index in [4.69, 9.17) is 5.11 Å².